The van der Waals surface area contributed by atoms with Crippen LogP contribution in [0.15, 0.2) is 34.1 Å². The number of anilines is 2. The van der Waals surface area contributed by atoms with Gasteiger partial charge in [0.2, 0.25) is 5.91 Å². The van der Waals surface area contributed by atoms with Crippen LogP contribution in [-0.4, -0.2) is 16.1 Å². The third-order valence-corrected chi connectivity index (χ3v) is 4.68. The SMILES string of the molecule is CC(Sc1nccs1)C(=O)Nc1ccc(Cl)c(N)c1. The van der Waals surface area contributed by atoms with E-state index in [1.807, 2.05) is 12.3 Å². The second-order valence-electron chi connectivity index (χ2n) is 3.78. The van der Waals surface area contributed by atoms with Gasteiger partial charge in [-0.15, -0.1) is 11.3 Å². The molecule has 0 fully saturated rings. The number of nitrogen functional groups attached to an aromatic ring is 1. The van der Waals surface area contributed by atoms with Crippen molar-refractivity contribution < 1.29 is 4.79 Å². The number of thiazole rings is 1. The van der Waals surface area contributed by atoms with E-state index in [-0.39, 0.29) is 11.2 Å². The van der Waals surface area contributed by atoms with Gasteiger partial charge >= 0.3 is 0 Å². The monoisotopic (exact) mass is 313 g/mol. The molecule has 3 N–H and O–H groups in total. The number of halogens is 1. The molecule has 0 bridgehead atoms. The largest absolute Gasteiger partial charge is 0.397 e. The summed E-state index contributed by atoms with van der Waals surface area (Å²) in [5.74, 6) is -0.0954. The minimum Gasteiger partial charge on any atom is -0.397 e. The zero-order valence-electron chi connectivity index (χ0n) is 10.1. The summed E-state index contributed by atoms with van der Waals surface area (Å²) >= 11 is 8.76. The number of hydrogen-bond donors (Lipinski definition) is 2. The summed E-state index contributed by atoms with van der Waals surface area (Å²) in [5.41, 5.74) is 6.77. The van der Waals surface area contributed by atoms with E-state index in [9.17, 15) is 4.79 Å². The van der Waals surface area contributed by atoms with E-state index in [0.29, 0.717) is 16.4 Å². The molecule has 1 unspecified atom stereocenters. The highest BCUT2D eigenvalue weighted by molar-refractivity contribution is 8.02. The van der Waals surface area contributed by atoms with Crippen molar-refractivity contribution in [2.24, 2.45) is 0 Å². The number of thioether (sulfide) groups is 1. The zero-order chi connectivity index (χ0) is 13.8. The quantitative estimate of drug-likeness (QED) is 0.669. The van der Waals surface area contributed by atoms with E-state index in [0.717, 1.165) is 4.34 Å². The standard InChI is InChI=1S/C12H12ClN3OS2/c1-7(19-12-15-4-5-18-12)11(17)16-8-2-3-9(13)10(14)6-8/h2-7H,14H2,1H3,(H,16,17). The van der Waals surface area contributed by atoms with E-state index < -0.39 is 0 Å². The average molecular weight is 314 g/mol. The molecule has 0 saturated heterocycles. The lowest BCUT2D eigenvalue weighted by atomic mass is 10.2. The molecule has 0 radical (unpaired) electrons. The molecular formula is C12H12ClN3OS2. The molecule has 0 spiro atoms. The van der Waals surface area contributed by atoms with Crippen molar-refractivity contribution in [1.29, 1.82) is 0 Å². The van der Waals surface area contributed by atoms with Gasteiger partial charge < -0.3 is 11.1 Å². The maximum Gasteiger partial charge on any atom is 0.237 e. The Morgan fingerprint density at radius 2 is 2.37 bits per heavy atom. The predicted octanol–water partition coefficient (Wildman–Crippen LogP) is 3.50. The molecule has 1 aromatic carbocycles. The van der Waals surface area contributed by atoms with Gasteiger partial charge in [-0.2, -0.15) is 0 Å². The fraction of sp³-hybridized carbons (Fsp3) is 0.167. The van der Waals surface area contributed by atoms with E-state index in [4.69, 9.17) is 17.3 Å². The van der Waals surface area contributed by atoms with E-state index in [1.165, 1.54) is 23.1 Å². The summed E-state index contributed by atoms with van der Waals surface area (Å²) in [6.45, 7) is 1.83. The van der Waals surface area contributed by atoms with Gasteiger partial charge in [-0.05, 0) is 25.1 Å². The number of hydrogen-bond acceptors (Lipinski definition) is 5. The third kappa shape index (κ3) is 3.86. The molecule has 4 nitrogen and oxygen atoms in total. The zero-order valence-corrected chi connectivity index (χ0v) is 12.5. The lowest BCUT2D eigenvalue weighted by Gasteiger charge is -2.11. The van der Waals surface area contributed by atoms with E-state index in [2.05, 4.69) is 10.3 Å². The van der Waals surface area contributed by atoms with E-state index in [1.54, 1.807) is 24.4 Å². The number of nitrogens with one attached hydrogen (secondary N) is 1. The number of nitrogens with two attached hydrogens (primary N) is 1. The van der Waals surface area contributed by atoms with Crippen molar-refractivity contribution in [3.05, 3.63) is 34.8 Å². The summed E-state index contributed by atoms with van der Waals surface area (Å²) in [4.78, 5) is 16.1. The molecule has 19 heavy (non-hydrogen) atoms. The highest BCUT2D eigenvalue weighted by Gasteiger charge is 2.16. The molecule has 7 heteroatoms. The Morgan fingerprint density at radius 1 is 1.58 bits per heavy atom. The smallest absolute Gasteiger partial charge is 0.237 e. The molecule has 1 heterocycles. The number of carbonyl (C=O) groups is 1. The Morgan fingerprint density at radius 3 is 3.00 bits per heavy atom. The Bertz CT molecular complexity index is 574. The number of benzene rings is 1. The number of aromatic nitrogens is 1. The normalized spacial score (nSPS) is 12.1. The van der Waals surface area contributed by atoms with Gasteiger partial charge in [0.05, 0.1) is 16.0 Å². The van der Waals surface area contributed by atoms with Crippen LogP contribution in [0.25, 0.3) is 0 Å². The number of amides is 1. The van der Waals surface area contributed by atoms with Gasteiger partial charge in [-0.3, -0.25) is 4.79 Å². The average Bonchev–Trinajstić information content (AvgIpc) is 2.86. The Balaban J connectivity index is 1.98. The maximum absolute atomic E-state index is 12.0. The summed E-state index contributed by atoms with van der Waals surface area (Å²) in [5, 5.41) is 4.92. The maximum atomic E-state index is 12.0. The minimum atomic E-state index is -0.233. The Hall–Kier alpha value is -1.24. The number of nitrogens with zero attached hydrogens (tertiary/aromatic N) is 1. The van der Waals surface area contributed by atoms with Crippen LogP contribution in [0.1, 0.15) is 6.92 Å². The Labute approximate surface area is 124 Å². The van der Waals surface area contributed by atoms with Gasteiger partial charge in [0, 0.05) is 17.3 Å². The van der Waals surface area contributed by atoms with Crippen molar-refractivity contribution in [1.82, 2.24) is 4.98 Å². The first-order chi connectivity index (χ1) is 9.06. The number of rotatable bonds is 4. The van der Waals surface area contributed by atoms with Crippen LogP contribution >= 0.6 is 34.7 Å². The van der Waals surface area contributed by atoms with E-state index >= 15 is 0 Å². The molecular weight excluding hydrogens is 302 g/mol. The third-order valence-electron chi connectivity index (χ3n) is 2.32. The summed E-state index contributed by atoms with van der Waals surface area (Å²) < 4.78 is 0.873. The topological polar surface area (TPSA) is 68.0 Å². The van der Waals surface area contributed by atoms with Crippen LogP contribution in [0.5, 0.6) is 0 Å². The number of carbonyl (C=O) groups excluding carboxylic acids is 1. The molecule has 2 rings (SSSR count). The van der Waals surface area contributed by atoms with Gasteiger partial charge in [-0.25, -0.2) is 4.98 Å². The van der Waals surface area contributed by atoms with Crippen LogP contribution in [0.2, 0.25) is 5.02 Å². The molecule has 1 amide bonds. The van der Waals surface area contributed by atoms with Crippen LogP contribution < -0.4 is 11.1 Å². The fourth-order valence-corrected chi connectivity index (χ4v) is 3.23. The highest BCUT2D eigenvalue weighted by Crippen LogP contribution is 2.27. The predicted molar refractivity (Wildman–Crippen MR) is 81.9 cm³/mol. The first-order valence-corrected chi connectivity index (χ1v) is 7.62. The van der Waals surface area contributed by atoms with Crippen molar-refractivity contribution in [2.45, 2.75) is 16.5 Å². The van der Waals surface area contributed by atoms with Crippen LogP contribution in [-0.2, 0) is 4.79 Å². The van der Waals surface area contributed by atoms with Crippen molar-refractivity contribution >= 4 is 52.0 Å². The molecule has 1 atom stereocenters. The van der Waals surface area contributed by atoms with Crippen LogP contribution in [0.4, 0.5) is 11.4 Å². The summed E-state index contributed by atoms with van der Waals surface area (Å²) in [7, 11) is 0. The molecule has 0 saturated carbocycles. The lowest BCUT2D eigenvalue weighted by Crippen LogP contribution is -2.22. The van der Waals surface area contributed by atoms with Crippen LogP contribution in [0, 0.1) is 0 Å². The second-order valence-corrected chi connectivity index (χ2v) is 6.67. The molecule has 0 aliphatic heterocycles. The molecule has 1 aromatic heterocycles. The molecule has 2 aromatic rings. The molecule has 100 valence electrons. The minimum absolute atomic E-state index is 0.0954. The highest BCUT2D eigenvalue weighted by atomic mass is 35.5. The van der Waals surface area contributed by atoms with Crippen molar-refractivity contribution in [2.75, 3.05) is 11.1 Å². The lowest BCUT2D eigenvalue weighted by molar-refractivity contribution is -0.115. The van der Waals surface area contributed by atoms with Crippen molar-refractivity contribution in [3.8, 4) is 0 Å². The van der Waals surface area contributed by atoms with Crippen molar-refractivity contribution in [3.63, 3.8) is 0 Å². The first kappa shape index (κ1) is 14.2. The van der Waals surface area contributed by atoms with Gasteiger partial charge in [-0.1, -0.05) is 23.4 Å². The molecule has 0 aliphatic rings. The summed E-state index contributed by atoms with van der Waals surface area (Å²) in [6.07, 6.45) is 1.72. The fourth-order valence-electron chi connectivity index (χ4n) is 1.34. The van der Waals surface area contributed by atoms with Crippen LogP contribution in [0.3, 0.4) is 0 Å². The molecule has 0 aliphatic carbocycles. The van der Waals surface area contributed by atoms with Gasteiger partial charge in [0.1, 0.15) is 0 Å². The van der Waals surface area contributed by atoms with Gasteiger partial charge in [0.25, 0.3) is 0 Å². The Kier molecular flexibility index (Phi) is 4.68. The first-order valence-electron chi connectivity index (χ1n) is 5.48. The van der Waals surface area contributed by atoms with Gasteiger partial charge in [0.15, 0.2) is 4.34 Å². The summed E-state index contributed by atoms with van der Waals surface area (Å²) in [6, 6.07) is 5.02. The second kappa shape index (κ2) is 6.27.